The van der Waals surface area contributed by atoms with Crippen molar-refractivity contribution in [1.29, 1.82) is 0 Å². The zero-order chi connectivity index (χ0) is 28.9. The summed E-state index contributed by atoms with van der Waals surface area (Å²) in [6.45, 7) is 0.828. The minimum absolute atomic E-state index is 0. The van der Waals surface area contributed by atoms with Gasteiger partial charge in [0.05, 0.1) is 24.9 Å². The molecule has 15 heteroatoms. The minimum Gasteiger partial charge on any atom is -0.493 e. The summed E-state index contributed by atoms with van der Waals surface area (Å²) in [5.41, 5.74) is 5.72. The van der Waals surface area contributed by atoms with Crippen LogP contribution in [-0.4, -0.2) is 40.0 Å². The molecule has 0 atom stereocenters. The molecule has 4 aromatic rings. The highest BCUT2D eigenvalue weighted by atomic mass is 35.5. The van der Waals surface area contributed by atoms with Gasteiger partial charge in [-0.15, -0.1) is 25.6 Å². The summed E-state index contributed by atoms with van der Waals surface area (Å²) in [6.07, 6.45) is -3.03. The average Bonchev–Trinajstić information content (AvgIpc) is 2.89. The number of nitrogens with two attached hydrogens (primary N) is 1. The number of nitrogens with zero attached hydrogens (tertiary/aromatic N) is 1. The van der Waals surface area contributed by atoms with Crippen LogP contribution in [0.4, 0.5) is 23.2 Å². The zero-order valence-corrected chi connectivity index (χ0v) is 22.9. The van der Waals surface area contributed by atoms with E-state index >= 15 is 0 Å². The zero-order valence-electron chi connectivity index (χ0n) is 21.3. The fourth-order valence-electron chi connectivity index (χ4n) is 3.61. The van der Waals surface area contributed by atoms with Crippen LogP contribution in [0.5, 0.6) is 28.7 Å². The van der Waals surface area contributed by atoms with Crippen molar-refractivity contribution in [3.05, 3.63) is 72.7 Å². The number of pyridine rings is 1. The molecule has 0 unspecified atom stereocenters. The monoisotopic (exact) mass is 617 g/mol. The largest absolute Gasteiger partial charge is 0.573 e. The van der Waals surface area contributed by atoms with Crippen molar-refractivity contribution in [1.82, 2.24) is 4.98 Å². The number of benzene rings is 3. The molecule has 0 aliphatic rings. The first-order valence-corrected chi connectivity index (χ1v) is 13.1. The second-order valence-corrected chi connectivity index (χ2v) is 9.82. The van der Waals surface area contributed by atoms with Crippen LogP contribution in [0.1, 0.15) is 6.42 Å². The van der Waals surface area contributed by atoms with E-state index in [1.807, 2.05) is 4.72 Å². The molecule has 0 amide bonds. The molecule has 0 aliphatic heterocycles. The Morgan fingerprint density at radius 1 is 0.951 bits per heavy atom. The Hall–Kier alpha value is -4.01. The van der Waals surface area contributed by atoms with E-state index in [-0.39, 0.29) is 29.6 Å². The van der Waals surface area contributed by atoms with E-state index in [2.05, 4.69) is 9.72 Å². The molecule has 1 heterocycles. The molecule has 1 aromatic heterocycles. The third-order valence-electron chi connectivity index (χ3n) is 5.36. The molecule has 0 spiro atoms. The van der Waals surface area contributed by atoms with Crippen molar-refractivity contribution in [2.75, 3.05) is 25.0 Å². The lowest BCUT2D eigenvalue weighted by molar-refractivity contribution is -0.275. The summed E-state index contributed by atoms with van der Waals surface area (Å²) in [7, 11) is -3.12. The van der Waals surface area contributed by atoms with Crippen LogP contribution >= 0.6 is 12.4 Å². The molecule has 0 saturated heterocycles. The highest BCUT2D eigenvalue weighted by Crippen LogP contribution is 2.38. The maximum Gasteiger partial charge on any atom is 0.573 e. The van der Waals surface area contributed by atoms with Crippen molar-refractivity contribution in [2.24, 2.45) is 5.73 Å². The summed E-state index contributed by atoms with van der Waals surface area (Å²) < 4.78 is 101. The number of alkyl halides is 3. The summed E-state index contributed by atoms with van der Waals surface area (Å²) in [5.74, 6) is -1.07. The van der Waals surface area contributed by atoms with Crippen LogP contribution in [-0.2, 0) is 10.0 Å². The van der Waals surface area contributed by atoms with E-state index in [1.54, 1.807) is 12.1 Å². The average molecular weight is 618 g/mol. The van der Waals surface area contributed by atoms with Gasteiger partial charge in [-0.3, -0.25) is 9.71 Å². The van der Waals surface area contributed by atoms with E-state index in [1.165, 1.54) is 43.6 Å². The summed E-state index contributed by atoms with van der Waals surface area (Å²) >= 11 is 0. The molecule has 0 fully saturated rings. The Morgan fingerprint density at radius 3 is 2.39 bits per heavy atom. The van der Waals surface area contributed by atoms with Gasteiger partial charge in [0.2, 0.25) is 0 Å². The van der Waals surface area contributed by atoms with E-state index < -0.39 is 32.8 Å². The number of methoxy groups -OCH3 is 1. The first-order valence-electron chi connectivity index (χ1n) is 11.7. The Labute approximate surface area is 238 Å². The normalized spacial score (nSPS) is 11.5. The van der Waals surface area contributed by atoms with Crippen LogP contribution < -0.4 is 29.4 Å². The number of ether oxygens (including phenoxy) is 4. The standard InChI is InChI=1S/C26H23F4N3O6S.ClH/c1-36-23-14-17-19(15-24(23)37-12-4-10-31)32-11-9-20(17)38-21-8-7-16(13-18(21)27)33-40(34,35)25-6-3-2-5-22(25)39-26(28,29)30;/h2-3,5-9,11,13-15,33H,4,10,12,31H2,1H3;1H. The predicted molar refractivity (Wildman–Crippen MR) is 145 cm³/mol. The van der Waals surface area contributed by atoms with Gasteiger partial charge >= 0.3 is 6.36 Å². The van der Waals surface area contributed by atoms with E-state index in [4.69, 9.17) is 19.9 Å². The lowest BCUT2D eigenvalue weighted by Crippen LogP contribution is -2.20. The Kier molecular flexibility index (Phi) is 10.1. The lowest BCUT2D eigenvalue weighted by atomic mass is 10.1. The number of halogens is 5. The molecule has 4 rings (SSSR count). The molecule has 0 aliphatic carbocycles. The number of rotatable bonds is 11. The van der Waals surface area contributed by atoms with Gasteiger partial charge in [0.1, 0.15) is 16.4 Å². The van der Waals surface area contributed by atoms with Crippen molar-refractivity contribution < 1.29 is 44.9 Å². The fraction of sp³-hybridized carbons (Fsp3) is 0.192. The smallest absolute Gasteiger partial charge is 0.493 e. The number of fused-ring (bicyclic) bond motifs is 1. The molecule has 0 saturated carbocycles. The van der Waals surface area contributed by atoms with Gasteiger partial charge in [-0.2, -0.15) is 0 Å². The van der Waals surface area contributed by atoms with Crippen LogP contribution in [0, 0.1) is 5.82 Å². The van der Waals surface area contributed by atoms with Gasteiger partial charge in [0, 0.05) is 23.7 Å². The first-order chi connectivity index (χ1) is 19.0. The van der Waals surface area contributed by atoms with Crippen LogP contribution in [0.15, 0.2) is 71.8 Å². The highest BCUT2D eigenvalue weighted by molar-refractivity contribution is 7.92. The van der Waals surface area contributed by atoms with Gasteiger partial charge in [0.25, 0.3) is 10.0 Å². The van der Waals surface area contributed by atoms with E-state index in [9.17, 15) is 26.0 Å². The minimum atomic E-state index is -5.11. The topological polar surface area (TPSA) is 122 Å². The second-order valence-electron chi connectivity index (χ2n) is 8.17. The number of aromatic nitrogens is 1. The number of sulfonamides is 1. The van der Waals surface area contributed by atoms with Gasteiger partial charge in [0.15, 0.2) is 23.1 Å². The highest BCUT2D eigenvalue weighted by Gasteiger charge is 2.34. The summed E-state index contributed by atoms with van der Waals surface area (Å²) in [6, 6.07) is 12.1. The third kappa shape index (κ3) is 7.80. The number of hydrogen-bond acceptors (Lipinski definition) is 8. The van der Waals surface area contributed by atoms with Crippen molar-refractivity contribution >= 4 is 39.0 Å². The SMILES string of the molecule is COc1cc2c(Oc3ccc(NS(=O)(=O)c4ccccc4OC(F)(F)F)cc3F)ccnc2cc1OCCCN.Cl. The Bertz CT molecular complexity index is 1620. The fourth-order valence-corrected chi connectivity index (χ4v) is 4.79. The molecule has 9 nitrogen and oxygen atoms in total. The maximum atomic E-state index is 15.0. The molecule has 3 aromatic carbocycles. The third-order valence-corrected chi connectivity index (χ3v) is 6.78. The molecule has 220 valence electrons. The second kappa shape index (κ2) is 13.1. The molecular formula is C26H24ClF4N3O6S. The van der Waals surface area contributed by atoms with Crippen molar-refractivity contribution in [3.8, 4) is 28.7 Å². The van der Waals surface area contributed by atoms with Crippen molar-refractivity contribution in [3.63, 3.8) is 0 Å². The Balaban J connectivity index is 0.00000462. The quantitative estimate of drug-likeness (QED) is 0.155. The van der Waals surface area contributed by atoms with Gasteiger partial charge in [-0.25, -0.2) is 12.8 Å². The molecular weight excluding hydrogens is 594 g/mol. The maximum absolute atomic E-state index is 15.0. The number of hydrogen-bond donors (Lipinski definition) is 2. The predicted octanol–water partition coefficient (Wildman–Crippen LogP) is 6.02. The summed E-state index contributed by atoms with van der Waals surface area (Å²) in [4.78, 5) is 3.51. The van der Waals surface area contributed by atoms with Crippen molar-refractivity contribution in [2.45, 2.75) is 17.7 Å². The van der Waals surface area contributed by atoms with E-state index in [0.29, 0.717) is 42.0 Å². The molecule has 0 bridgehead atoms. The van der Waals surface area contributed by atoms with E-state index in [0.717, 1.165) is 18.2 Å². The van der Waals surface area contributed by atoms with Crippen LogP contribution in [0.2, 0.25) is 0 Å². The lowest BCUT2D eigenvalue weighted by Gasteiger charge is -2.15. The number of anilines is 1. The Morgan fingerprint density at radius 2 is 1.71 bits per heavy atom. The number of nitrogens with one attached hydrogen (secondary N) is 1. The number of para-hydroxylation sites is 1. The van der Waals surface area contributed by atoms with Crippen LogP contribution in [0.25, 0.3) is 10.9 Å². The first kappa shape index (κ1) is 31.5. The molecule has 41 heavy (non-hydrogen) atoms. The van der Waals surface area contributed by atoms with Crippen LogP contribution in [0.3, 0.4) is 0 Å². The molecule has 3 N–H and O–H groups in total. The van der Waals surface area contributed by atoms with Gasteiger partial charge < -0.3 is 24.7 Å². The molecule has 0 radical (unpaired) electrons. The van der Waals surface area contributed by atoms with Gasteiger partial charge in [-0.05, 0) is 49.4 Å². The van der Waals surface area contributed by atoms with Gasteiger partial charge in [-0.1, -0.05) is 12.1 Å². The summed E-state index contributed by atoms with van der Waals surface area (Å²) in [5, 5.41) is 0.482.